The molecule has 0 spiro atoms. The van der Waals surface area contributed by atoms with Gasteiger partial charge in [-0.2, -0.15) is 0 Å². The summed E-state index contributed by atoms with van der Waals surface area (Å²) in [5, 5.41) is 60.3. The molecule has 0 aromatic rings. The minimum absolute atomic E-state index is 0.111. The molecule has 186 valence electrons. The molecule has 2 saturated heterocycles. The van der Waals surface area contributed by atoms with Crippen LogP contribution in [0.25, 0.3) is 0 Å². The lowest BCUT2D eigenvalue weighted by atomic mass is 9.94. The van der Waals surface area contributed by atoms with E-state index in [1.165, 1.54) is 6.92 Å². The Morgan fingerprint density at radius 3 is 2.38 bits per heavy atom. The van der Waals surface area contributed by atoms with Crippen LogP contribution in [0.2, 0.25) is 0 Å². The lowest BCUT2D eigenvalue weighted by Crippen LogP contribution is -2.63. The summed E-state index contributed by atoms with van der Waals surface area (Å²) in [6.45, 7) is -0.195. The van der Waals surface area contributed by atoms with Crippen molar-refractivity contribution in [2.24, 2.45) is 0 Å². The highest BCUT2D eigenvalue weighted by molar-refractivity contribution is 5.84. The monoisotopic (exact) mass is 469 g/mol. The van der Waals surface area contributed by atoms with Crippen molar-refractivity contribution >= 4 is 11.9 Å². The number of ether oxygens (including phenoxy) is 5. The Hall–Kier alpha value is -1.46. The molecule has 9 atom stereocenters. The first-order valence-electron chi connectivity index (χ1n) is 10.0. The fraction of sp³-hybridized carbons (Fsp3) is 0.889. The summed E-state index contributed by atoms with van der Waals surface area (Å²) in [6.07, 6.45) is -10.4. The second kappa shape index (κ2) is 11.6. The highest BCUT2D eigenvalue weighted by atomic mass is 16.7. The first kappa shape index (κ1) is 26.8. The van der Waals surface area contributed by atoms with Gasteiger partial charge in [0.05, 0.1) is 25.4 Å². The summed E-state index contributed by atoms with van der Waals surface area (Å²) < 4.78 is 26.4. The van der Waals surface area contributed by atoms with E-state index in [1.807, 2.05) is 0 Å². The molecule has 0 bridgehead atoms. The molecular formula is C18H31NO13. The van der Waals surface area contributed by atoms with Crippen molar-refractivity contribution in [3.05, 3.63) is 0 Å². The maximum Gasteiger partial charge on any atom is 0.329 e. The van der Waals surface area contributed by atoms with Gasteiger partial charge in [-0.3, -0.25) is 4.79 Å². The fourth-order valence-electron chi connectivity index (χ4n) is 3.46. The number of amides is 1. The van der Waals surface area contributed by atoms with Crippen LogP contribution in [0, 0.1) is 0 Å². The lowest BCUT2D eigenvalue weighted by molar-refractivity contribution is -0.304. The van der Waals surface area contributed by atoms with E-state index in [0.717, 1.165) is 7.11 Å². The quantitative estimate of drug-likeness (QED) is 0.152. The van der Waals surface area contributed by atoms with Crippen molar-refractivity contribution in [1.29, 1.82) is 0 Å². The first-order chi connectivity index (χ1) is 15.1. The predicted molar refractivity (Wildman–Crippen MR) is 101 cm³/mol. The average molecular weight is 469 g/mol. The van der Waals surface area contributed by atoms with Crippen molar-refractivity contribution in [2.75, 3.05) is 33.5 Å². The van der Waals surface area contributed by atoms with Crippen LogP contribution in [0.1, 0.15) is 13.3 Å². The zero-order valence-corrected chi connectivity index (χ0v) is 17.7. The molecule has 9 unspecified atom stereocenters. The number of rotatable bonds is 10. The maximum atomic E-state index is 12.8. The van der Waals surface area contributed by atoms with Gasteiger partial charge in [-0.05, 0) is 6.92 Å². The van der Waals surface area contributed by atoms with Gasteiger partial charge in [0.15, 0.2) is 6.29 Å². The Kier molecular flexibility index (Phi) is 9.71. The highest BCUT2D eigenvalue weighted by Gasteiger charge is 2.52. The standard InChI is InChI=1S/C18H31NO13/c1-8-12(23)14(25)15(26)16(31-8)29-4-3-19-17(27)18(28-2)5-9(30-7-11(21)22)13(24)10(6-20)32-18/h8-10,12-16,20,23-26H,3-7H2,1-2H3,(H,19,27)(H,21,22). The molecule has 7 N–H and O–H groups in total. The molecule has 0 aromatic carbocycles. The molecule has 2 rings (SSSR count). The van der Waals surface area contributed by atoms with Crippen LogP contribution >= 0.6 is 0 Å². The highest BCUT2D eigenvalue weighted by Crippen LogP contribution is 2.32. The molecule has 0 radical (unpaired) electrons. The normalized spacial score (nSPS) is 40.1. The second-order valence-corrected chi connectivity index (χ2v) is 7.54. The van der Waals surface area contributed by atoms with Crippen LogP contribution in [0.4, 0.5) is 0 Å². The average Bonchev–Trinajstić information content (AvgIpc) is 2.77. The number of carboxylic acids is 1. The summed E-state index contributed by atoms with van der Waals surface area (Å²) in [5.74, 6) is -4.06. The van der Waals surface area contributed by atoms with Crippen LogP contribution < -0.4 is 5.32 Å². The molecule has 2 aliphatic heterocycles. The molecule has 1 amide bonds. The summed E-state index contributed by atoms with van der Waals surface area (Å²) in [6, 6.07) is 0. The largest absolute Gasteiger partial charge is 0.480 e. The van der Waals surface area contributed by atoms with Gasteiger partial charge in [0.1, 0.15) is 37.1 Å². The summed E-state index contributed by atoms with van der Waals surface area (Å²) in [7, 11) is 1.16. The minimum atomic E-state index is -1.98. The molecule has 14 nitrogen and oxygen atoms in total. The SMILES string of the molecule is COC1(C(=O)NCCOC2OC(C)C(O)C(O)C2O)CC(OCC(=O)O)C(O)C(CO)O1. The molecule has 0 saturated carbocycles. The van der Waals surface area contributed by atoms with E-state index >= 15 is 0 Å². The molecule has 2 aliphatic rings. The molecule has 32 heavy (non-hydrogen) atoms. The number of hydrogen-bond acceptors (Lipinski definition) is 12. The number of hydrogen-bond donors (Lipinski definition) is 7. The number of aliphatic hydroxyl groups excluding tert-OH is 5. The van der Waals surface area contributed by atoms with E-state index in [2.05, 4.69) is 5.32 Å². The van der Waals surface area contributed by atoms with E-state index < -0.39 is 79.9 Å². The van der Waals surface area contributed by atoms with Crippen molar-refractivity contribution in [2.45, 2.75) is 68.1 Å². The number of aliphatic carboxylic acids is 1. The van der Waals surface area contributed by atoms with Crippen LogP contribution in [-0.2, 0) is 33.3 Å². The topological polar surface area (TPSA) is 214 Å². The predicted octanol–water partition coefficient (Wildman–Crippen LogP) is -4.10. The molecule has 0 aromatic heterocycles. The van der Waals surface area contributed by atoms with E-state index in [1.54, 1.807) is 0 Å². The molecule has 14 heteroatoms. The van der Waals surface area contributed by atoms with Gasteiger partial charge in [-0.15, -0.1) is 0 Å². The first-order valence-corrected chi connectivity index (χ1v) is 10.0. The van der Waals surface area contributed by atoms with Gasteiger partial charge in [0.2, 0.25) is 0 Å². The minimum Gasteiger partial charge on any atom is -0.480 e. The van der Waals surface area contributed by atoms with Crippen LogP contribution in [-0.4, -0.2) is 131 Å². The number of aliphatic hydroxyl groups is 5. The second-order valence-electron chi connectivity index (χ2n) is 7.54. The van der Waals surface area contributed by atoms with Crippen molar-refractivity contribution < 1.29 is 63.9 Å². The van der Waals surface area contributed by atoms with Crippen molar-refractivity contribution in [1.82, 2.24) is 5.32 Å². The Morgan fingerprint density at radius 2 is 1.78 bits per heavy atom. The Balaban J connectivity index is 1.93. The Morgan fingerprint density at radius 1 is 1.09 bits per heavy atom. The number of nitrogens with one attached hydrogen (secondary N) is 1. The summed E-state index contributed by atoms with van der Waals surface area (Å²) in [5.41, 5.74) is 0. The third-order valence-corrected chi connectivity index (χ3v) is 5.33. The molecule has 0 aliphatic carbocycles. The molecule has 2 heterocycles. The third kappa shape index (κ3) is 6.11. The van der Waals surface area contributed by atoms with Crippen LogP contribution in [0.5, 0.6) is 0 Å². The Labute approximate surface area is 183 Å². The van der Waals surface area contributed by atoms with Gasteiger partial charge in [0, 0.05) is 20.1 Å². The van der Waals surface area contributed by atoms with Gasteiger partial charge in [0.25, 0.3) is 11.7 Å². The number of methoxy groups -OCH3 is 1. The maximum absolute atomic E-state index is 12.8. The summed E-state index contributed by atoms with van der Waals surface area (Å²) >= 11 is 0. The van der Waals surface area contributed by atoms with Crippen LogP contribution in [0.3, 0.4) is 0 Å². The van der Waals surface area contributed by atoms with E-state index in [4.69, 9.17) is 28.8 Å². The zero-order chi connectivity index (χ0) is 24.1. The zero-order valence-electron chi connectivity index (χ0n) is 17.7. The van der Waals surface area contributed by atoms with Gasteiger partial charge in [-0.1, -0.05) is 0 Å². The van der Waals surface area contributed by atoms with E-state index in [-0.39, 0.29) is 19.6 Å². The lowest BCUT2D eigenvalue weighted by Gasteiger charge is -2.44. The van der Waals surface area contributed by atoms with E-state index in [0.29, 0.717) is 0 Å². The van der Waals surface area contributed by atoms with Gasteiger partial charge >= 0.3 is 5.97 Å². The number of carbonyl (C=O) groups excluding carboxylic acids is 1. The smallest absolute Gasteiger partial charge is 0.329 e. The Bertz CT molecular complexity index is 636. The molecular weight excluding hydrogens is 438 g/mol. The third-order valence-electron chi connectivity index (χ3n) is 5.33. The summed E-state index contributed by atoms with van der Waals surface area (Å²) in [4.78, 5) is 23.5. The van der Waals surface area contributed by atoms with Crippen LogP contribution in [0.15, 0.2) is 0 Å². The van der Waals surface area contributed by atoms with Crippen molar-refractivity contribution in [3.63, 3.8) is 0 Å². The van der Waals surface area contributed by atoms with E-state index in [9.17, 15) is 35.1 Å². The fourth-order valence-corrected chi connectivity index (χ4v) is 3.46. The van der Waals surface area contributed by atoms with Gasteiger partial charge < -0.3 is 59.6 Å². The van der Waals surface area contributed by atoms with Crippen molar-refractivity contribution in [3.8, 4) is 0 Å². The molecule has 2 fully saturated rings. The number of carboxylic acid groups (broad SMARTS) is 1. The number of carbonyl (C=O) groups is 2. The van der Waals surface area contributed by atoms with Gasteiger partial charge in [-0.25, -0.2) is 4.79 Å².